The number of anilines is 1. The third kappa shape index (κ3) is 4.02. The van der Waals surface area contributed by atoms with Gasteiger partial charge in [-0.3, -0.25) is 14.2 Å². The van der Waals surface area contributed by atoms with Crippen LogP contribution in [0.25, 0.3) is 10.2 Å². The number of alkyl halides is 3. The van der Waals surface area contributed by atoms with Crippen molar-refractivity contribution in [3.63, 3.8) is 0 Å². The highest BCUT2D eigenvalue weighted by Crippen LogP contribution is 2.30. The van der Waals surface area contributed by atoms with E-state index in [4.69, 9.17) is 0 Å². The Morgan fingerprint density at radius 1 is 1.30 bits per heavy atom. The normalized spacial score (nSPS) is 11.7. The lowest BCUT2D eigenvalue weighted by Gasteiger charge is -2.12. The first kappa shape index (κ1) is 19.1. The molecule has 0 aliphatic rings. The molecule has 0 unspecified atom stereocenters. The number of nitrogens with zero attached hydrogens (tertiary/aromatic N) is 2. The van der Waals surface area contributed by atoms with E-state index in [2.05, 4.69) is 10.3 Å². The summed E-state index contributed by atoms with van der Waals surface area (Å²) >= 11 is 1.43. The molecule has 0 atom stereocenters. The molecule has 142 valence electrons. The van der Waals surface area contributed by atoms with Gasteiger partial charge in [0.2, 0.25) is 5.91 Å². The summed E-state index contributed by atoms with van der Waals surface area (Å²) < 4.78 is 39.5. The zero-order valence-electron chi connectivity index (χ0n) is 14.6. The van der Waals surface area contributed by atoms with Crippen molar-refractivity contribution in [1.82, 2.24) is 9.55 Å². The number of aromatic nitrogens is 2. The van der Waals surface area contributed by atoms with E-state index >= 15 is 0 Å². The third-order valence-corrected chi connectivity index (χ3v) is 5.19. The first-order valence-corrected chi connectivity index (χ1v) is 8.97. The summed E-state index contributed by atoms with van der Waals surface area (Å²) in [5.41, 5.74) is -1.19. The van der Waals surface area contributed by atoms with Crippen LogP contribution in [0.3, 0.4) is 0 Å². The van der Waals surface area contributed by atoms with Crippen LogP contribution in [0, 0.1) is 6.92 Å². The minimum Gasteiger partial charge on any atom is -0.325 e. The maximum atomic E-state index is 12.8. The molecule has 3 rings (SSSR count). The summed E-state index contributed by atoms with van der Waals surface area (Å²) in [7, 11) is 0. The molecule has 0 saturated carbocycles. The van der Waals surface area contributed by atoms with Crippen LogP contribution in [-0.2, 0) is 23.9 Å². The van der Waals surface area contributed by atoms with Crippen LogP contribution in [0.2, 0.25) is 0 Å². The fraction of sp³-hybridized carbons (Fsp3) is 0.278. The number of hydrogen-bond acceptors (Lipinski definition) is 4. The molecule has 5 nitrogen and oxygen atoms in total. The highest BCUT2D eigenvalue weighted by molar-refractivity contribution is 7.18. The van der Waals surface area contributed by atoms with Crippen LogP contribution >= 0.6 is 11.3 Å². The zero-order chi connectivity index (χ0) is 19.8. The number of halogens is 3. The largest absolute Gasteiger partial charge is 0.416 e. The molecule has 0 fully saturated rings. The van der Waals surface area contributed by atoms with Crippen LogP contribution in [0.4, 0.5) is 18.9 Å². The Balaban J connectivity index is 1.85. The van der Waals surface area contributed by atoms with Crippen LogP contribution in [-0.4, -0.2) is 15.5 Å². The average molecular weight is 395 g/mol. The van der Waals surface area contributed by atoms with Gasteiger partial charge in [0.05, 0.1) is 10.9 Å². The topological polar surface area (TPSA) is 64.0 Å². The van der Waals surface area contributed by atoms with Crippen LogP contribution in [0.5, 0.6) is 0 Å². The summed E-state index contributed by atoms with van der Waals surface area (Å²) in [5.74, 6) is -0.234. The molecule has 3 aromatic rings. The van der Waals surface area contributed by atoms with Gasteiger partial charge in [-0.05, 0) is 37.6 Å². The Bertz CT molecular complexity index is 1070. The number of aryl methyl sites for hydroxylation is 2. The molecule has 0 aliphatic heterocycles. The van der Waals surface area contributed by atoms with Crippen molar-refractivity contribution in [2.75, 3.05) is 5.32 Å². The molecule has 0 bridgehead atoms. The van der Waals surface area contributed by atoms with E-state index in [1.54, 1.807) is 13.0 Å². The Morgan fingerprint density at radius 3 is 2.70 bits per heavy atom. The molecule has 1 aromatic carbocycles. The molecule has 0 spiro atoms. The van der Waals surface area contributed by atoms with E-state index in [1.165, 1.54) is 28.0 Å². The molecule has 0 saturated heterocycles. The SMILES string of the molecule is CCc1cc2c(=O)n(CC(=O)Nc3cccc(C(F)(F)F)c3)c(C)nc2s1. The molecule has 0 aliphatic carbocycles. The van der Waals surface area contributed by atoms with Crippen LogP contribution < -0.4 is 10.9 Å². The van der Waals surface area contributed by atoms with Gasteiger partial charge in [-0.2, -0.15) is 13.2 Å². The van der Waals surface area contributed by atoms with Crippen molar-refractivity contribution in [2.24, 2.45) is 0 Å². The standard InChI is InChI=1S/C18H16F3N3O2S/c1-3-13-8-14-16(27-13)22-10(2)24(17(14)26)9-15(25)23-12-6-4-5-11(7-12)18(19,20)21/h4-8H,3,9H2,1-2H3,(H,23,25). The van der Waals surface area contributed by atoms with E-state index in [-0.39, 0.29) is 17.8 Å². The van der Waals surface area contributed by atoms with Gasteiger partial charge < -0.3 is 5.32 Å². The summed E-state index contributed by atoms with van der Waals surface area (Å²) in [6.45, 7) is 3.25. The van der Waals surface area contributed by atoms with Crippen LogP contribution in [0.1, 0.15) is 23.2 Å². The highest BCUT2D eigenvalue weighted by atomic mass is 32.1. The molecule has 2 heterocycles. The van der Waals surface area contributed by atoms with Gasteiger partial charge in [-0.25, -0.2) is 4.98 Å². The number of benzene rings is 1. The molecule has 0 radical (unpaired) electrons. The van der Waals surface area contributed by atoms with E-state index in [0.29, 0.717) is 16.0 Å². The second-order valence-electron chi connectivity index (χ2n) is 5.96. The van der Waals surface area contributed by atoms with Gasteiger partial charge >= 0.3 is 6.18 Å². The Morgan fingerprint density at radius 2 is 2.04 bits per heavy atom. The van der Waals surface area contributed by atoms with Gasteiger partial charge in [0, 0.05) is 10.6 Å². The summed E-state index contributed by atoms with van der Waals surface area (Å²) in [6.07, 6.45) is -3.73. The molecule has 1 N–H and O–H groups in total. The van der Waals surface area contributed by atoms with Gasteiger partial charge in [0.1, 0.15) is 17.2 Å². The predicted octanol–water partition coefficient (Wildman–Crippen LogP) is 3.99. The molecular formula is C18H16F3N3O2S. The number of amides is 1. The van der Waals surface area contributed by atoms with E-state index < -0.39 is 17.6 Å². The Labute approximate surface area is 156 Å². The van der Waals surface area contributed by atoms with Crippen molar-refractivity contribution in [3.05, 3.63) is 57.0 Å². The maximum absolute atomic E-state index is 12.8. The Kier molecular flexibility index (Phi) is 5.05. The fourth-order valence-electron chi connectivity index (χ4n) is 2.65. The number of hydrogen-bond donors (Lipinski definition) is 1. The maximum Gasteiger partial charge on any atom is 0.416 e. The molecular weight excluding hydrogens is 379 g/mol. The first-order chi connectivity index (χ1) is 12.7. The van der Waals surface area contributed by atoms with Crippen molar-refractivity contribution in [2.45, 2.75) is 33.0 Å². The smallest absolute Gasteiger partial charge is 0.325 e. The van der Waals surface area contributed by atoms with Gasteiger partial charge in [-0.1, -0.05) is 13.0 Å². The second kappa shape index (κ2) is 7.15. The minimum atomic E-state index is -4.50. The van der Waals surface area contributed by atoms with Gasteiger partial charge in [0.15, 0.2) is 0 Å². The van der Waals surface area contributed by atoms with Crippen molar-refractivity contribution in [1.29, 1.82) is 0 Å². The van der Waals surface area contributed by atoms with E-state index in [0.717, 1.165) is 23.4 Å². The van der Waals surface area contributed by atoms with Crippen molar-refractivity contribution in [3.8, 4) is 0 Å². The van der Waals surface area contributed by atoms with Crippen molar-refractivity contribution >= 4 is 33.1 Å². The molecule has 27 heavy (non-hydrogen) atoms. The first-order valence-electron chi connectivity index (χ1n) is 8.16. The van der Waals surface area contributed by atoms with Crippen molar-refractivity contribution < 1.29 is 18.0 Å². The lowest BCUT2D eigenvalue weighted by atomic mass is 10.2. The van der Waals surface area contributed by atoms with Gasteiger partial charge in [0.25, 0.3) is 5.56 Å². The third-order valence-electron chi connectivity index (χ3n) is 4.02. The number of nitrogens with one attached hydrogen (secondary N) is 1. The zero-order valence-corrected chi connectivity index (χ0v) is 15.4. The number of rotatable bonds is 4. The Hall–Kier alpha value is -2.68. The predicted molar refractivity (Wildman–Crippen MR) is 98.1 cm³/mol. The van der Waals surface area contributed by atoms with E-state index in [1.807, 2.05) is 6.92 Å². The summed E-state index contributed by atoms with van der Waals surface area (Å²) in [4.78, 5) is 30.9. The fourth-order valence-corrected chi connectivity index (χ4v) is 3.65. The van der Waals surface area contributed by atoms with Gasteiger partial charge in [-0.15, -0.1) is 11.3 Å². The number of thiophene rings is 1. The van der Waals surface area contributed by atoms with Crippen LogP contribution in [0.15, 0.2) is 35.1 Å². The second-order valence-corrected chi connectivity index (χ2v) is 7.08. The van der Waals surface area contributed by atoms with E-state index in [9.17, 15) is 22.8 Å². The number of fused-ring (bicyclic) bond motifs is 1. The average Bonchev–Trinajstić information content (AvgIpc) is 3.01. The summed E-state index contributed by atoms with van der Waals surface area (Å²) in [6, 6.07) is 6.10. The minimum absolute atomic E-state index is 0.0124. The molecule has 1 amide bonds. The lowest BCUT2D eigenvalue weighted by molar-refractivity contribution is -0.137. The summed E-state index contributed by atoms with van der Waals surface area (Å²) in [5, 5.41) is 2.84. The number of carbonyl (C=O) groups excluding carboxylic acids is 1. The highest BCUT2D eigenvalue weighted by Gasteiger charge is 2.30. The molecule has 2 aromatic heterocycles. The number of carbonyl (C=O) groups is 1. The monoisotopic (exact) mass is 395 g/mol. The lowest BCUT2D eigenvalue weighted by Crippen LogP contribution is -2.29. The molecule has 9 heteroatoms. The quantitative estimate of drug-likeness (QED) is 0.727.